The largest absolute Gasteiger partial charge is 0.306 e. The first-order chi connectivity index (χ1) is 12.4. The first-order valence-corrected chi connectivity index (χ1v) is 8.25. The lowest BCUT2D eigenvalue weighted by molar-refractivity contribution is 0.101. The Morgan fingerprint density at radius 1 is 1.12 bits per heavy atom. The number of aromatic nitrogens is 1. The van der Waals surface area contributed by atoms with Gasteiger partial charge in [0.2, 0.25) is 0 Å². The molecule has 3 rings (SSSR count). The van der Waals surface area contributed by atoms with E-state index in [0.29, 0.717) is 18.7 Å². The number of pyridine rings is 1. The molecule has 2 heterocycles. The van der Waals surface area contributed by atoms with Crippen LogP contribution in [0.1, 0.15) is 16.1 Å². The summed E-state index contributed by atoms with van der Waals surface area (Å²) in [6.07, 6.45) is 0. The number of likely N-dealkylation sites (N-methyl/N-ethyl adjacent to an activating group) is 1. The average molecular weight is 364 g/mol. The molecular weight excluding hydrogens is 345 g/mol. The van der Waals surface area contributed by atoms with Crippen LogP contribution in [-0.4, -0.2) is 53.9 Å². The van der Waals surface area contributed by atoms with Crippen LogP contribution >= 0.6 is 0 Å². The van der Waals surface area contributed by atoms with Crippen molar-refractivity contribution in [3.63, 3.8) is 0 Å². The summed E-state index contributed by atoms with van der Waals surface area (Å²) >= 11 is 0. The molecule has 26 heavy (non-hydrogen) atoms. The fourth-order valence-corrected chi connectivity index (χ4v) is 2.81. The predicted molar refractivity (Wildman–Crippen MR) is 91.3 cm³/mol. The van der Waals surface area contributed by atoms with Crippen LogP contribution < -0.4 is 5.32 Å². The molecule has 8 heteroatoms. The molecule has 0 unspecified atom stereocenters. The van der Waals surface area contributed by atoms with Crippen molar-refractivity contribution in [3.05, 3.63) is 59.0 Å². The number of rotatable bonds is 4. The summed E-state index contributed by atoms with van der Waals surface area (Å²) in [5, 5.41) is 2.36. The summed E-state index contributed by atoms with van der Waals surface area (Å²) in [6.45, 7) is 4.40. The number of piperazine rings is 1. The van der Waals surface area contributed by atoms with Gasteiger partial charge in [0.25, 0.3) is 5.91 Å². The van der Waals surface area contributed by atoms with Gasteiger partial charge in [-0.15, -0.1) is 0 Å². The number of benzene rings is 1. The van der Waals surface area contributed by atoms with E-state index in [0.717, 1.165) is 31.9 Å². The summed E-state index contributed by atoms with van der Waals surface area (Å²) < 4.78 is 40.4. The second-order valence-electron chi connectivity index (χ2n) is 6.29. The van der Waals surface area contributed by atoms with Crippen molar-refractivity contribution in [3.8, 4) is 0 Å². The van der Waals surface area contributed by atoms with E-state index >= 15 is 0 Å². The molecule has 1 aromatic heterocycles. The molecule has 0 radical (unpaired) electrons. The molecule has 1 N–H and O–H groups in total. The number of hydrogen-bond donors (Lipinski definition) is 1. The van der Waals surface area contributed by atoms with E-state index in [1.807, 2.05) is 6.07 Å². The van der Waals surface area contributed by atoms with Crippen LogP contribution in [0.2, 0.25) is 0 Å². The zero-order chi connectivity index (χ0) is 18.7. The van der Waals surface area contributed by atoms with Crippen molar-refractivity contribution < 1.29 is 18.0 Å². The van der Waals surface area contributed by atoms with E-state index in [4.69, 9.17) is 0 Å². The van der Waals surface area contributed by atoms with Crippen LogP contribution in [0.4, 0.5) is 19.0 Å². The Hall–Kier alpha value is -2.45. The third kappa shape index (κ3) is 4.39. The highest BCUT2D eigenvalue weighted by Gasteiger charge is 2.20. The van der Waals surface area contributed by atoms with E-state index in [-0.39, 0.29) is 5.82 Å². The number of anilines is 1. The number of hydrogen-bond acceptors (Lipinski definition) is 4. The van der Waals surface area contributed by atoms with Gasteiger partial charge in [-0.05, 0) is 19.2 Å². The highest BCUT2D eigenvalue weighted by molar-refractivity contribution is 6.04. The van der Waals surface area contributed by atoms with Crippen molar-refractivity contribution in [1.82, 2.24) is 14.8 Å². The van der Waals surface area contributed by atoms with E-state index in [1.54, 1.807) is 6.07 Å². The minimum Gasteiger partial charge on any atom is -0.306 e. The molecule has 1 aliphatic rings. The number of amides is 1. The maximum absolute atomic E-state index is 13.7. The van der Waals surface area contributed by atoms with Gasteiger partial charge in [-0.1, -0.05) is 6.07 Å². The molecule has 1 aromatic carbocycles. The summed E-state index contributed by atoms with van der Waals surface area (Å²) in [6, 6.07) is 6.01. The maximum atomic E-state index is 13.7. The van der Waals surface area contributed by atoms with Crippen LogP contribution in [0.5, 0.6) is 0 Å². The fourth-order valence-electron chi connectivity index (χ4n) is 2.81. The van der Waals surface area contributed by atoms with Gasteiger partial charge in [-0.25, -0.2) is 18.2 Å². The van der Waals surface area contributed by atoms with Crippen LogP contribution in [0.25, 0.3) is 0 Å². The molecule has 5 nitrogen and oxygen atoms in total. The second-order valence-corrected chi connectivity index (χ2v) is 6.29. The van der Waals surface area contributed by atoms with Crippen molar-refractivity contribution >= 4 is 11.7 Å². The maximum Gasteiger partial charge on any atom is 0.262 e. The smallest absolute Gasteiger partial charge is 0.262 e. The molecular formula is C18H19F3N4O. The van der Waals surface area contributed by atoms with E-state index in [9.17, 15) is 18.0 Å². The molecule has 0 atom stereocenters. The number of halogens is 3. The quantitative estimate of drug-likeness (QED) is 0.906. The predicted octanol–water partition coefficient (Wildman–Crippen LogP) is 2.50. The molecule has 1 saturated heterocycles. The molecule has 138 valence electrons. The molecule has 1 fully saturated rings. The molecule has 0 aliphatic carbocycles. The Labute approximate surface area is 149 Å². The Bertz CT molecular complexity index is 784. The van der Waals surface area contributed by atoms with E-state index in [2.05, 4.69) is 27.1 Å². The van der Waals surface area contributed by atoms with Crippen LogP contribution in [0.15, 0.2) is 30.3 Å². The first kappa shape index (κ1) is 18.3. The summed E-state index contributed by atoms with van der Waals surface area (Å²) in [5.74, 6) is -4.42. The SMILES string of the molecule is CN1CCN(Cc2cccc(NC(=O)c3c(F)cc(F)cc3F)n2)CC1. The average Bonchev–Trinajstić information content (AvgIpc) is 2.56. The van der Waals surface area contributed by atoms with Gasteiger partial charge in [0.15, 0.2) is 0 Å². The minimum atomic E-state index is -1.26. The summed E-state index contributed by atoms with van der Waals surface area (Å²) in [7, 11) is 2.07. The number of nitrogens with zero attached hydrogens (tertiary/aromatic N) is 3. The lowest BCUT2D eigenvalue weighted by Crippen LogP contribution is -2.44. The van der Waals surface area contributed by atoms with Gasteiger partial charge in [0, 0.05) is 44.9 Å². The van der Waals surface area contributed by atoms with Crippen molar-refractivity contribution in [1.29, 1.82) is 0 Å². The minimum absolute atomic E-state index is 0.185. The molecule has 2 aromatic rings. The zero-order valence-corrected chi connectivity index (χ0v) is 14.3. The zero-order valence-electron chi connectivity index (χ0n) is 14.3. The van der Waals surface area contributed by atoms with Gasteiger partial charge >= 0.3 is 0 Å². The number of carbonyl (C=O) groups excluding carboxylic acids is 1. The Balaban J connectivity index is 1.70. The number of carbonyl (C=O) groups is 1. The molecule has 0 spiro atoms. The Morgan fingerprint density at radius 2 is 1.77 bits per heavy atom. The topological polar surface area (TPSA) is 48.5 Å². The van der Waals surface area contributed by atoms with Crippen molar-refractivity contribution in [2.75, 3.05) is 38.5 Å². The highest BCUT2D eigenvalue weighted by atomic mass is 19.1. The third-order valence-electron chi connectivity index (χ3n) is 4.26. The van der Waals surface area contributed by atoms with Gasteiger partial charge in [-0.2, -0.15) is 0 Å². The number of nitrogens with one attached hydrogen (secondary N) is 1. The highest BCUT2D eigenvalue weighted by Crippen LogP contribution is 2.17. The van der Waals surface area contributed by atoms with Crippen molar-refractivity contribution in [2.45, 2.75) is 6.54 Å². The Morgan fingerprint density at radius 3 is 2.42 bits per heavy atom. The van der Waals surface area contributed by atoms with Gasteiger partial charge < -0.3 is 10.2 Å². The molecule has 1 amide bonds. The van der Waals surface area contributed by atoms with Gasteiger partial charge in [0.1, 0.15) is 28.8 Å². The summed E-state index contributed by atoms with van der Waals surface area (Å²) in [4.78, 5) is 20.9. The van der Waals surface area contributed by atoms with Crippen LogP contribution in [-0.2, 0) is 6.54 Å². The molecule has 1 aliphatic heterocycles. The van der Waals surface area contributed by atoms with Gasteiger partial charge in [0.05, 0.1) is 5.69 Å². The summed E-state index contributed by atoms with van der Waals surface area (Å²) in [5.41, 5.74) is -0.0925. The fraction of sp³-hybridized carbons (Fsp3) is 0.333. The van der Waals surface area contributed by atoms with Crippen LogP contribution in [0, 0.1) is 17.5 Å². The Kier molecular flexibility index (Phi) is 5.53. The van der Waals surface area contributed by atoms with E-state index < -0.39 is 28.9 Å². The second kappa shape index (κ2) is 7.84. The standard InChI is InChI=1S/C18H19F3N4O/c1-24-5-7-25(8-6-24)11-13-3-2-4-16(22-13)23-18(26)17-14(20)9-12(19)10-15(17)21/h2-4,9-10H,5-8,11H2,1H3,(H,22,23,26). The third-order valence-corrected chi connectivity index (χ3v) is 4.26. The van der Waals surface area contributed by atoms with Gasteiger partial charge in [-0.3, -0.25) is 9.69 Å². The molecule has 0 saturated carbocycles. The molecule has 0 bridgehead atoms. The monoisotopic (exact) mass is 364 g/mol. The first-order valence-electron chi connectivity index (χ1n) is 8.25. The lowest BCUT2D eigenvalue weighted by atomic mass is 10.1. The normalized spacial score (nSPS) is 15.8. The lowest BCUT2D eigenvalue weighted by Gasteiger charge is -2.32. The van der Waals surface area contributed by atoms with E-state index in [1.165, 1.54) is 6.07 Å². The van der Waals surface area contributed by atoms with Crippen LogP contribution in [0.3, 0.4) is 0 Å². The van der Waals surface area contributed by atoms with Crippen molar-refractivity contribution in [2.24, 2.45) is 0 Å².